The third-order valence-electron chi connectivity index (χ3n) is 3.48. The quantitative estimate of drug-likeness (QED) is 0.554. The number of aryl methyl sites for hydroxylation is 1. The van der Waals surface area contributed by atoms with E-state index in [1.807, 2.05) is 30.3 Å². The number of carbonyl (C=O) groups is 1. The highest BCUT2D eigenvalue weighted by molar-refractivity contribution is 5.93. The van der Waals surface area contributed by atoms with E-state index in [-0.39, 0.29) is 5.78 Å². The van der Waals surface area contributed by atoms with Gasteiger partial charge in [-0.2, -0.15) is 5.26 Å². The standard InChI is InChI=1S/C20H19NO/c21-16-19-12-10-18(11-13-19)14-15-20(22)9-5-4-8-17-6-2-1-3-7-17/h1-3,6-7,10-15H,4-5,8-9H2/b15-14-. The maximum absolute atomic E-state index is 11.8. The zero-order valence-electron chi connectivity index (χ0n) is 12.5. The van der Waals surface area contributed by atoms with Crippen LogP contribution in [0, 0.1) is 11.3 Å². The van der Waals surface area contributed by atoms with Crippen LogP contribution in [-0.4, -0.2) is 5.78 Å². The van der Waals surface area contributed by atoms with E-state index in [1.54, 1.807) is 24.3 Å². The van der Waals surface area contributed by atoms with Crippen molar-refractivity contribution in [1.29, 1.82) is 5.26 Å². The van der Waals surface area contributed by atoms with Gasteiger partial charge in [-0.25, -0.2) is 0 Å². The fourth-order valence-electron chi connectivity index (χ4n) is 2.21. The molecule has 2 aromatic rings. The van der Waals surface area contributed by atoms with Gasteiger partial charge >= 0.3 is 0 Å². The lowest BCUT2D eigenvalue weighted by atomic mass is 10.1. The Morgan fingerprint density at radius 1 is 1.00 bits per heavy atom. The molecule has 0 bridgehead atoms. The minimum atomic E-state index is 0.150. The SMILES string of the molecule is N#Cc1ccc(/C=C\C(=O)CCCCc2ccccc2)cc1. The van der Waals surface area contributed by atoms with E-state index < -0.39 is 0 Å². The van der Waals surface area contributed by atoms with Gasteiger partial charge in [-0.15, -0.1) is 0 Å². The highest BCUT2D eigenvalue weighted by Gasteiger charge is 1.98. The summed E-state index contributed by atoms with van der Waals surface area (Å²) in [6.07, 6.45) is 6.98. The van der Waals surface area contributed by atoms with E-state index in [9.17, 15) is 4.79 Å². The van der Waals surface area contributed by atoms with Crippen molar-refractivity contribution in [2.24, 2.45) is 0 Å². The third kappa shape index (κ3) is 5.38. The van der Waals surface area contributed by atoms with Crippen LogP contribution in [0.25, 0.3) is 6.08 Å². The molecule has 0 amide bonds. The highest BCUT2D eigenvalue weighted by atomic mass is 16.1. The molecule has 0 unspecified atom stereocenters. The average molecular weight is 289 g/mol. The van der Waals surface area contributed by atoms with Crippen molar-refractivity contribution in [3.63, 3.8) is 0 Å². The summed E-state index contributed by atoms with van der Waals surface area (Å²) in [5.74, 6) is 0.150. The summed E-state index contributed by atoms with van der Waals surface area (Å²) < 4.78 is 0. The maximum Gasteiger partial charge on any atom is 0.155 e. The van der Waals surface area contributed by atoms with Crippen LogP contribution in [0.2, 0.25) is 0 Å². The van der Waals surface area contributed by atoms with Gasteiger partial charge in [-0.05, 0) is 48.6 Å². The van der Waals surface area contributed by atoms with Gasteiger partial charge in [-0.3, -0.25) is 4.79 Å². The second-order valence-electron chi connectivity index (χ2n) is 5.23. The molecule has 0 fully saturated rings. The number of carbonyl (C=O) groups excluding carboxylic acids is 1. The molecular weight excluding hydrogens is 270 g/mol. The molecule has 0 saturated heterocycles. The number of allylic oxidation sites excluding steroid dienone is 1. The largest absolute Gasteiger partial charge is 0.295 e. The second-order valence-corrected chi connectivity index (χ2v) is 5.23. The summed E-state index contributed by atoms with van der Waals surface area (Å²) in [6, 6.07) is 19.6. The number of benzene rings is 2. The molecule has 0 atom stereocenters. The Morgan fingerprint density at radius 3 is 2.41 bits per heavy atom. The third-order valence-corrected chi connectivity index (χ3v) is 3.48. The number of rotatable bonds is 7. The van der Waals surface area contributed by atoms with Crippen LogP contribution in [0.4, 0.5) is 0 Å². The minimum absolute atomic E-state index is 0.150. The molecule has 0 aliphatic carbocycles. The Bertz CT molecular complexity index is 663. The van der Waals surface area contributed by atoms with Crippen molar-refractivity contribution < 1.29 is 4.79 Å². The Balaban J connectivity index is 1.71. The fourth-order valence-corrected chi connectivity index (χ4v) is 2.21. The molecule has 0 saturated carbocycles. The number of nitrogens with zero attached hydrogens (tertiary/aromatic N) is 1. The molecule has 110 valence electrons. The van der Waals surface area contributed by atoms with E-state index >= 15 is 0 Å². The second kappa shape index (κ2) is 8.59. The first kappa shape index (κ1) is 15.7. The van der Waals surface area contributed by atoms with Crippen LogP contribution in [0.15, 0.2) is 60.7 Å². The van der Waals surface area contributed by atoms with Crippen LogP contribution < -0.4 is 0 Å². The molecule has 0 aliphatic heterocycles. The van der Waals surface area contributed by atoms with Crippen LogP contribution >= 0.6 is 0 Å². The summed E-state index contributed by atoms with van der Waals surface area (Å²) in [4.78, 5) is 11.8. The Labute approximate surface area is 131 Å². The van der Waals surface area contributed by atoms with E-state index in [0.29, 0.717) is 12.0 Å². The first-order valence-corrected chi connectivity index (χ1v) is 7.53. The van der Waals surface area contributed by atoms with Crippen LogP contribution in [-0.2, 0) is 11.2 Å². The molecule has 2 rings (SSSR count). The molecule has 0 radical (unpaired) electrons. The van der Waals surface area contributed by atoms with Crippen molar-refractivity contribution in [3.8, 4) is 6.07 Å². The number of ketones is 1. The molecule has 0 aromatic heterocycles. The van der Waals surface area contributed by atoms with E-state index in [4.69, 9.17) is 5.26 Å². The van der Waals surface area contributed by atoms with Gasteiger partial charge in [0, 0.05) is 6.42 Å². The van der Waals surface area contributed by atoms with E-state index in [2.05, 4.69) is 18.2 Å². The zero-order valence-corrected chi connectivity index (χ0v) is 12.5. The Hall–Kier alpha value is -2.66. The molecule has 0 N–H and O–H groups in total. The molecule has 0 aliphatic rings. The minimum Gasteiger partial charge on any atom is -0.295 e. The maximum atomic E-state index is 11.8. The summed E-state index contributed by atoms with van der Waals surface area (Å²) in [7, 11) is 0. The fraction of sp³-hybridized carbons (Fsp3) is 0.200. The van der Waals surface area contributed by atoms with Crippen LogP contribution in [0.5, 0.6) is 0 Å². The molecule has 0 heterocycles. The predicted molar refractivity (Wildman–Crippen MR) is 89.2 cm³/mol. The summed E-state index contributed by atoms with van der Waals surface area (Å²) in [5.41, 5.74) is 2.89. The molecular formula is C20H19NO. The molecule has 2 heteroatoms. The van der Waals surface area contributed by atoms with E-state index in [0.717, 1.165) is 24.8 Å². The van der Waals surface area contributed by atoms with Gasteiger partial charge in [0.1, 0.15) is 0 Å². The Kier molecular flexibility index (Phi) is 6.14. The van der Waals surface area contributed by atoms with Gasteiger partial charge < -0.3 is 0 Å². The number of hydrogen-bond acceptors (Lipinski definition) is 2. The lowest BCUT2D eigenvalue weighted by Gasteiger charge is -2.00. The smallest absolute Gasteiger partial charge is 0.155 e. The van der Waals surface area contributed by atoms with Crippen molar-refractivity contribution >= 4 is 11.9 Å². The topological polar surface area (TPSA) is 40.9 Å². The predicted octanol–water partition coefficient (Wildman–Crippen LogP) is 4.55. The van der Waals surface area contributed by atoms with Crippen molar-refractivity contribution in [2.45, 2.75) is 25.7 Å². The monoisotopic (exact) mass is 289 g/mol. The van der Waals surface area contributed by atoms with Crippen molar-refractivity contribution in [3.05, 3.63) is 77.4 Å². The van der Waals surface area contributed by atoms with Crippen LogP contribution in [0.1, 0.15) is 36.0 Å². The summed E-state index contributed by atoms with van der Waals surface area (Å²) in [5, 5.41) is 8.73. The highest BCUT2D eigenvalue weighted by Crippen LogP contribution is 2.08. The average Bonchev–Trinajstić information content (AvgIpc) is 2.58. The van der Waals surface area contributed by atoms with Gasteiger partial charge in [0.25, 0.3) is 0 Å². The normalized spacial score (nSPS) is 10.5. The molecule has 2 nitrogen and oxygen atoms in total. The van der Waals surface area contributed by atoms with Gasteiger partial charge in [-0.1, -0.05) is 48.5 Å². The van der Waals surface area contributed by atoms with Gasteiger partial charge in [0.05, 0.1) is 11.6 Å². The van der Waals surface area contributed by atoms with Crippen molar-refractivity contribution in [1.82, 2.24) is 0 Å². The first-order valence-electron chi connectivity index (χ1n) is 7.53. The Morgan fingerprint density at radius 2 is 1.73 bits per heavy atom. The van der Waals surface area contributed by atoms with Crippen molar-refractivity contribution in [2.75, 3.05) is 0 Å². The lowest BCUT2D eigenvalue weighted by Crippen LogP contribution is -1.93. The number of unbranched alkanes of at least 4 members (excludes halogenated alkanes) is 1. The first-order chi connectivity index (χ1) is 10.8. The molecule has 0 spiro atoms. The summed E-state index contributed by atoms with van der Waals surface area (Å²) >= 11 is 0. The van der Waals surface area contributed by atoms with E-state index in [1.165, 1.54) is 5.56 Å². The lowest BCUT2D eigenvalue weighted by molar-refractivity contribution is -0.114. The molecule has 2 aromatic carbocycles. The zero-order chi connectivity index (χ0) is 15.6. The molecule has 22 heavy (non-hydrogen) atoms. The number of nitriles is 1. The van der Waals surface area contributed by atoms with Gasteiger partial charge in [0.15, 0.2) is 5.78 Å². The van der Waals surface area contributed by atoms with Crippen LogP contribution in [0.3, 0.4) is 0 Å². The number of hydrogen-bond donors (Lipinski definition) is 0. The van der Waals surface area contributed by atoms with Gasteiger partial charge in [0.2, 0.25) is 0 Å². The summed E-state index contributed by atoms with van der Waals surface area (Å²) in [6.45, 7) is 0.